The van der Waals surface area contributed by atoms with Gasteiger partial charge in [0.15, 0.2) is 5.82 Å². The second kappa shape index (κ2) is 10.2. The normalized spacial score (nSPS) is 18.7. The number of nitrogens with zero attached hydrogens (tertiary/aromatic N) is 5. The Morgan fingerprint density at radius 2 is 1.94 bits per heavy atom. The van der Waals surface area contributed by atoms with Crippen LogP contribution in [0.15, 0.2) is 29.1 Å². The van der Waals surface area contributed by atoms with E-state index in [1.807, 2.05) is 35.9 Å². The standard InChI is InChI=1S/C25H32N6O4/c1-3-35-25(33)16-10-12-30(13-11-16)22(23-27-28-29-31(23)18-6-4-5-7-18)20-15-17-14-19(34-2)8-9-21(17)26-24(20)32/h8-9,14-16,18,22H,3-7,10-13H2,1-2H3,(H,26,32). The molecule has 1 aliphatic heterocycles. The Balaban J connectivity index is 1.55. The number of rotatable bonds is 7. The van der Waals surface area contributed by atoms with Crippen molar-refractivity contribution in [1.82, 2.24) is 30.1 Å². The zero-order valence-electron chi connectivity index (χ0n) is 20.3. The average molecular weight is 481 g/mol. The van der Waals surface area contributed by atoms with Crippen LogP contribution < -0.4 is 10.3 Å². The SMILES string of the molecule is CCOC(=O)C1CCN(C(c2cc3cc(OC)ccc3[nH]c2=O)c2nnnn2C2CCCC2)CC1. The molecule has 2 aliphatic rings. The molecule has 1 aliphatic carbocycles. The Bertz CT molecular complexity index is 1240. The van der Waals surface area contributed by atoms with Gasteiger partial charge in [-0.15, -0.1) is 5.10 Å². The summed E-state index contributed by atoms with van der Waals surface area (Å²) in [6.07, 6.45) is 5.69. The molecule has 35 heavy (non-hydrogen) atoms. The lowest BCUT2D eigenvalue weighted by Gasteiger charge is -2.36. The average Bonchev–Trinajstić information content (AvgIpc) is 3.57. The zero-order valence-corrected chi connectivity index (χ0v) is 20.3. The summed E-state index contributed by atoms with van der Waals surface area (Å²) in [5.74, 6) is 1.13. The number of methoxy groups -OCH3 is 1. The smallest absolute Gasteiger partial charge is 0.309 e. The number of H-pyrrole nitrogens is 1. The van der Waals surface area contributed by atoms with E-state index in [-0.39, 0.29) is 23.5 Å². The highest BCUT2D eigenvalue weighted by Crippen LogP contribution is 2.35. The van der Waals surface area contributed by atoms with Crippen LogP contribution in [-0.2, 0) is 9.53 Å². The number of carbonyl (C=O) groups is 1. The van der Waals surface area contributed by atoms with Crippen LogP contribution in [0.25, 0.3) is 10.9 Å². The molecule has 1 saturated heterocycles. The third kappa shape index (κ3) is 4.67. The van der Waals surface area contributed by atoms with Gasteiger partial charge in [-0.05, 0) is 67.3 Å². The van der Waals surface area contributed by atoms with Gasteiger partial charge < -0.3 is 14.5 Å². The molecule has 1 saturated carbocycles. The van der Waals surface area contributed by atoms with E-state index in [0.29, 0.717) is 43.9 Å². The molecule has 0 spiro atoms. The molecular weight excluding hydrogens is 448 g/mol. The van der Waals surface area contributed by atoms with Crippen molar-refractivity contribution in [3.05, 3.63) is 46.0 Å². The third-order valence-electron chi connectivity index (χ3n) is 7.32. The summed E-state index contributed by atoms with van der Waals surface area (Å²) < 4.78 is 12.6. The molecule has 1 atom stereocenters. The number of aromatic amines is 1. The lowest BCUT2D eigenvalue weighted by Crippen LogP contribution is -2.42. The maximum atomic E-state index is 13.4. The first kappa shape index (κ1) is 23.5. The van der Waals surface area contributed by atoms with Crippen molar-refractivity contribution in [2.45, 2.75) is 57.5 Å². The van der Waals surface area contributed by atoms with E-state index < -0.39 is 6.04 Å². The van der Waals surface area contributed by atoms with Crippen LogP contribution in [0.3, 0.4) is 0 Å². The molecule has 10 nitrogen and oxygen atoms in total. The summed E-state index contributed by atoms with van der Waals surface area (Å²) in [7, 11) is 1.63. The molecule has 5 rings (SSSR count). The number of esters is 1. The fraction of sp³-hybridized carbons (Fsp3) is 0.560. The fourth-order valence-corrected chi connectivity index (χ4v) is 5.47. The highest BCUT2D eigenvalue weighted by Gasteiger charge is 2.36. The lowest BCUT2D eigenvalue weighted by atomic mass is 9.93. The Kier molecular flexibility index (Phi) is 6.81. The molecule has 0 bridgehead atoms. The van der Waals surface area contributed by atoms with E-state index in [2.05, 4.69) is 25.4 Å². The number of nitrogens with one attached hydrogen (secondary N) is 1. The van der Waals surface area contributed by atoms with Crippen molar-refractivity contribution < 1.29 is 14.3 Å². The van der Waals surface area contributed by atoms with Crippen LogP contribution in [0.5, 0.6) is 5.75 Å². The molecule has 3 aromatic rings. The summed E-state index contributed by atoms with van der Waals surface area (Å²) >= 11 is 0. The maximum Gasteiger partial charge on any atom is 0.309 e. The molecule has 10 heteroatoms. The zero-order chi connectivity index (χ0) is 24.4. The molecule has 1 N–H and O–H groups in total. The summed E-state index contributed by atoms with van der Waals surface area (Å²) in [5, 5.41) is 13.7. The Labute approximate surface area is 203 Å². The van der Waals surface area contributed by atoms with Crippen LogP contribution >= 0.6 is 0 Å². The summed E-state index contributed by atoms with van der Waals surface area (Å²) in [5.41, 5.74) is 1.17. The number of hydrogen-bond acceptors (Lipinski definition) is 8. The number of piperidine rings is 1. The minimum atomic E-state index is -0.423. The van der Waals surface area contributed by atoms with E-state index in [9.17, 15) is 9.59 Å². The number of fused-ring (bicyclic) bond motifs is 1. The van der Waals surface area contributed by atoms with Gasteiger partial charge in [0.2, 0.25) is 0 Å². The van der Waals surface area contributed by atoms with Crippen LogP contribution in [0, 0.1) is 5.92 Å². The molecule has 186 valence electrons. The van der Waals surface area contributed by atoms with Gasteiger partial charge in [0.1, 0.15) is 11.8 Å². The van der Waals surface area contributed by atoms with Gasteiger partial charge in [-0.1, -0.05) is 12.8 Å². The molecule has 2 fully saturated rings. The van der Waals surface area contributed by atoms with Crippen molar-refractivity contribution in [2.24, 2.45) is 5.92 Å². The number of aromatic nitrogens is 5. The number of pyridine rings is 1. The Morgan fingerprint density at radius 1 is 1.17 bits per heavy atom. The Morgan fingerprint density at radius 3 is 2.66 bits per heavy atom. The van der Waals surface area contributed by atoms with Gasteiger partial charge in [-0.3, -0.25) is 14.5 Å². The number of tetrazole rings is 1. The van der Waals surface area contributed by atoms with E-state index in [1.165, 1.54) is 0 Å². The predicted octanol–water partition coefficient (Wildman–Crippen LogP) is 3.00. The predicted molar refractivity (Wildman–Crippen MR) is 129 cm³/mol. The summed E-state index contributed by atoms with van der Waals surface area (Å²) in [6.45, 7) is 3.49. The Hall–Kier alpha value is -3.27. The fourth-order valence-electron chi connectivity index (χ4n) is 5.47. The van der Waals surface area contributed by atoms with Crippen LogP contribution in [-0.4, -0.2) is 62.9 Å². The van der Waals surface area contributed by atoms with Crippen molar-refractivity contribution in [3.8, 4) is 5.75 Å². The number of ether oxygens (including phenoxy) is 2. The molecule has 0 radical (unpaired) electrons. The van der Waals surface area contributed by atoms with Crippen LogP contribution in [0.2, 0.25) is 0 Å². The van der Waals surface area contributed by atoms with Crippen LogP contribution in [0.1, 0.15) is 68.9 Å². The summed E-state index contributed by atoms with van der Waals surface area (Å²) in [6, 6.07) is 7.33. The van der Waals surface area contributed by atoms with Crippen molar-refractivity contribution in [1.29, 1.82) is 0 Å². The maximum absolute atomic E-state index is 13.4. The number of carbonyl (C=O) groups excluding carboxylic acids is 1. The van der Waals surface area contributed by atoms with Crippen LogP contribution in [0.4, 0.5) is 0 Å². The molecule has 3 heterocycles. The van der Waals surface area contributed by atoms with Gasteiger partial charge in [0.25, 0.3) is 5.56 Å². The number of hydrogen-bond donors (Lipinski definition) is 1. The second-order valence-electron chi connectivity index (χ2n) is 9.39. The van der Waals surface area contributed by atoms with Crippen molar-refractivity contribution in [2.75, 3.05) is 26.8 Å². The highest BCUT2D eigenvalue weighted by atomic mass is 16.5. The molecular formula is C25H32N6O4. The van der Waals surface area contributed by atoms with Gasteiger partial charge in [0, 0.05) is 29.6 Å². The first-order valence-corrected chi connectivity index (χ1v) is 12.5. The van der Waals surface area contributed by atoms with Gasteiger partial charge in [0.05, 0.1) is 25.7 Å². The van der Waals surface area contributed by atoms with E-state index in [0.717, 1.165) is 42.3 Å². The lowest BCUT2D eigenvalue weighted by molar-refractivity contribution is -0.149. The summed E-state index contributed by atoms with van der Waals surface area (Å²) in [4.78, 5) is 31.0. The van der Waals surface area contributed by atoms with E-state index >= 15 is 0 Å². The number of benzene rings is 1. The monoisotopic (exact) mass is 480 g/mol. The first-order chi connectivity index (χ1) is 17.1. The highest BCUT2D eigenvalue weighted by molar-refractivity contribution is 5.80. The van der Waals surface area contributed by atoms with Crippen molar-refractivity contribution >= 4 is 16.9 Å². The minimum Gasteiger partial charge on any atom is -0.497 e. The molecule has 2 aromatic heterocycles. The third-order valence-corrected chi connectivity index (χ3v) is 7.32. The minimum absolute atomic E-state index is 0.128. The molecule has 0 amide bonds. The topological polar surface area (TPSA) is 115 Å². The molecule has 1 unspecified atom stereocenters. The quantitative estimate of drug-likeness (QED) is 0.513. The van der Waals surface area contributed by atoms with Gasteiger partial charge in [-0.25, -0.2) is 4.68 Å². The van der Waals surface area contributed by atoms with Gasteiger partial charge in [-0.2, -0.15) is 0 Å². The van der Waals surface area contributed by atoms with Crippen molar-refractivity contribution in [3.63, 3.8) is 0 Å². The first-order valence-electron chi connectivity index (χ1n) is 12.5. The molecule has 1 aromatic carbocycles. The van der Waals surface area contributed by atoms with Gasteiger partial charge >= 0.3 is 5.97 Å². The second-order valence-corrected chi connectivity index (χ2v) is 9.39. The number of likely N-dealkylation sites (tertiary alicyclic amines) is 1. The van der Waals surface area contributed by atoms with E-state index in [4.69, 9.17) is 9.47 Å². The largest absolute Gasteiger partial charge is 0.497 e. The van der Waals surface area contributed by atoms with E-state index in [1.54, 1.807) is 7.11 Å².